The Morgan fingerprint density at radius 2 is 2.05 bits per heavy atom. The number of anilines is 1. The van der Waals surface area contributed by atoms with Gasteiger partial charge in [0.2, 0.25) is 0 Å². The molecule has 1 amide bonds. The molecule has 0 saturated heterocycles. The lowest BCUT2D eigenvalue weighted by Gasteiger charge is -2.09. The van der Waals surface area contributed by atoms with Gasteiger partial charge in [0.1, 0.15) is 0 Å². The minimum absolute atomic E-state index is 0.175. The second kappa shape index (κ2) is 6.48. The van der Waals surface area contributed by atoms with Crippen LogP contribution in [-0.2, 0) is 24.4 Å². The molecule has 22 heavy (non-hydrogen) atoms. The molecule has 4 nitrogen and oxygen atoms in total. The molecule has 0 saturated carbocycles. The van der Waals surface area contributed by atoms with Gasteiger partial charge in [0.05, 0.1) is 6.61 Å². The van der Waals surface area contributed by atoms with Crippen LogP contribution in [0.5, 0.6) is 0 Å². The highest BCUT2D eigenvalue weighted by Gasteiger charge is 2.13. The smallest absolute Gasteiger partial charge is 0.255 e. The second-order valence-corrected chi connectivity index (χ2v) is 5.76. The number of methoxy groups -OCH3 is 1. The molecule has 2 N–H and O–H groups in total. The predicted molar refractivity (Wildman–Crippen MR) is 87.1 cm³/mol. The molecule has 1 heterocycles. The van der Waals surface area contributed by atoms with Crippen molar-refractivity contribution in [2.75, 3.05) is 12.4 Å². The molecule has 2 aromatic rings. The van der Waals surface area contributed by atoms with Crippen LogP contribution in [-0.4, -0.2) is 13.0 Å². The maximum Gasteiger partial charge on any atom is 0.255 e. The van der Waals surface area contributed by atoms with E-state index >= 15 is 0 Å². The Bertz CT molecular complexity index is 716. The van der Waals surface area contributed by atoms with E-state index in [1.54, 1.807) is 25.3 Å². The Balaban J connectivity index is 1.79. The van der Waals surface area contributed by atoms with Gasteiger partial charge in [-0.3, -0.25) is 4.79 Å². The zero-order valence-electron chi connectivity index (χ0n) is 12.3. The van der Waals surface area contributed by atoms with Crippen molar-refractivity contribution in [3.8, 4) is 0 Å². The van der Waals surface area contributed by atoms with E-state index in [2.05, 4.69) is 10.6 Å². The van der Waals surface area contributed by atoms with Crippen molar-refractivity contribution in [1.82, 2.24) is 5.32 Å². The summed E-state index contributed by atoms with van der Waals surface area (Å²) < 4.78 is 5.09. The number of nitrogens with one attached hydrogen (secondary N) is 2. The number of benzene rings is 2. The van der Waals surface area contributed by atoms with Crippen LogP contribution in [0.25, 0.3) is 0 Å². The Morgan fingerprint density at radius 1 is 1.23 bits per heavy atom. The van der Waals surface area contributed by atoms with Crippen molar-refractivity contribution in [1.29, 1.82) is 0 Å². The molecule has 0 atom stereocenters. The zero-order valence-corrected chi connectivity index (χ0v) is 13.0. The van der Waals surface area contributed by atoms with Crippen molar-refractivity contribution in [3.05, 3.63) is 63.7 Å². The summed E-state index contributed by atoms with van der Waals surface area (Å²) in [4.78, 5) is 12.4. The number of hydrogen-bond donors (Lipinski definition) is 2. The fourth-order valence-corrected chi connectivity index (χ4v) is 2.86. The number of carbonyl (C=O) groups is 1. The number of rotatable bonds is 4. The molecule has 0 unspecified atom stereocenters. The van der Waals surface area contributed by atoms with Gasteiger partial charge in [-0.2, -0.15) is 0 Å². The maximum atomic E-state index is 12.4. The van der Waals surface area contributed by atoms with Crippen molar-refractivity contribution in [3.63, 3.8) is 0 Å². The van der Waals surface area contributed by atoms with Crippen LogP contribution < -0.4 is 10.6 Å². The standard InChI is InChI=1S/C17H17ClN2O2/c1-22-10-11-4-13(6-15(18)5-11)17(21)20-16-3-2-12-8-19-9-14(12)7-16/h2-7,19H,8-10H2,1H3,(H,20,21). The van der Waals surface area contributed by atoms with Crippen LogP contribution in [0.4, 0.5) is 5.69 Å². The lowest BCUT2D eigenvalue weighted by molar-refractivity contribution is 0.102. The number of halogens is 1. The summed E-state index contributed by atoms with van der Waals surface area (Å²) in [6.07, 6.45) is 0. The van der Waals surface area contributed by atoms with Crippen molar-refractivity contribution < 1.29 is 9.53 Å². The fraction of sp³-hybridized carbons (Fsp3) is 0.235. The van der Waals surface area contributed by atoms with Crippen LogP contribution >= 0.6 is 11.6 Å². The van der Waals surface area contributed by atoms with Gasteiger partial charge in [-0.25, -0.2) is 0 Å². The third kappa shape index (κ3) is 3.30. The van der Waals surface area contributed by atoms with E-state index in [-0.39, 0.29) is 5.91 Å². The summed E-state index contributed by atoms with van der Waals surface area (Å²) in [7, 11) is 1.61. The normalized spacial score (nSPS) is 13.0. The third-order valence-corrected chi connectivity index (χ3v) is 3.84. The van der Waals surface area contributed by atoms with Crippen LogP contribution in [0.3, 0.4) is 0 Å². The molecule has 0 fully saturated rings. The molecular formula is C17H17ClN2O2. The largest absolute Gasteiger partial charge is 0.380 e. The van der Waals surface area contributed by atoms with E-state index in [4.69, 9.17) is 16.3 Å². The van der Waals surface area contributed by atoms with E-state index in [1.165, 1.54) is 11.1 Å². The first-order valence-electron chi connectivity index (χ1n) is 7.08. The highest BCUT2D eigenvalue weighted by Crippen LogP contribution is 2.21. The van der Waals surface area contributed by atoms with Gasteiger partial charge >= 0.3 is 0 Å². The monoisotopic (exact) mass is 316 g/mol. The predicted octanol–water partition coefficient (Wildman–Crippen LogP) is 3.34. The maximum absolute atomic E-state index is 12.4. The summed E-state index contributed by atoms with van der Waals surface area (Å²) in [6, 6.07) is 11.2. The highest BCUT2D eigenvalue weighted by molar-refractivity contribution is 6.31. The average molecular weight is 317 g/mol. The first-order chi connectivity index (χ1) is 10.7. The number of carbonyl (C=O) groups excluding carboxylic acids is 1. The minimum Gasteiger partial charge on any atom is -0.380 e. The first kappa shape index (κ1) is 15.0. The van der Waals surface area contributed by atoms with E-state index in [0.29, 0.717) is 17.2 Å². The number of fused-ring (bicyclic) bond motifs is 1. The molecule has 2 aromatic carbocycles. The molecule has 0 aliphatic carbocycles. The second-order valence-electron chi connectivity index (χ2n) is 5.32. The number of ether oxygens (including phenoxy) is 1. The highest BCUT2D eigenvalue weighted by atomic mass is 35.5. The molecule has 0 radical (unpaired) electrons. The molecule has 1 aliphatic heterocycles. The fourth-order valence-electron chi connectivity index (χ4n) is 2.61. The molecular weight excluding hydrogens is 300 g/mol. The molecule has 5 heteroatoms. The van der Waals surface area contributed by atoms with E-state index in [0.717, 1.165) is 24.3 Å². The van der Waals surface area contributed by atoms with Gasteiger partial charge in [0, 0.05) is 36.5 Å². The van der Waals surface area contributed by atoms with Crippen LogP contribution in [0.1, 0.15) is 27.0 Å². The van der Waals surface area contributed by atoms with Crippen molar-refractivity contribution in [2.24, 2.45) is 0 Å². The summed E-state index contributed by atoms with van der Waals surface area (Å²) >= 11 is 6.07. The summed E-state index contributed by atoms with van der Waals surface area (Å²) in [5.74, 6) is -0.175. The molecule has 0 aromatic heterocycles. The topological polar surface area (TPSA) is 50.4 Å². The minimum atomic E-state index is -0.175. The number of amides is 1. The van der Waals surface area contributed by atoms with Crippen LogP contribution in [0, 0.1) is 0 Å². The zero-order chi connectivity index (χ0) is 15.5. The Hall–Kier alpha value is -1.88. The van der Waals surface area contributed by atoms with E-state index < -0.39 is 0 Å². The molecule has 3 rings (SSSR count). The van der Waals surface area contributed by atoms with Crippen molar-refractivity contribution in [2.45, 2.75) is 19.7 Å². The Labute approximate surface area is 134 Å². The molecule has 114 valence electrons. The lowest BCUT2D eigenvalue weighted by atomic mass is 10.1. The van der Waals surface area contributed by atoms with Crippen LogP contribution in [0.15, 0.2) is 36.4 Å². The summed E-state index contributed by atoms with van der Waals surface area (Å²) in [6.45, 7) is 2.15. The summed E-state index contributed by atoms with van der Waals surface area (Å²) in [5.41, 5.74) is 4.70. The van der Waals surface area contributed by atoms with Crippen LogP contribution in [0.2, 0.25) is 5.02 Å². The molecule has 0 spiro atoms. The Morgan fingerprint density at radius 3 is 2.86 bits per heavy atom. The van der Waals surface area contributed by atoms with Gasteiger partial charge in [-0.15, -0.1) is 0 Å². The number of hydrogen-bond acceptors (Lipinski definition) is 3. The average Bonchev–Trinajstić information content (AvgIpc) is 2.94. The van der Waals surface area contributed by atoms with Gasteiger partial charge < -0.3 is 15.4 Å². The van der Waals surface area contributed by atoms with Gasteiger partial charge in [0.25, 0.3) is 5.91 Å². The summed E-state index contributed by atoms with van der Waals surface area (Å²) in [5, 5.41) is 6.73. The van der Waals surface area contributed by atoms with Gasteiger partial charge in [0.15, 0.2) is 0 Å². The Kier molecular flexibility index (Phi) is 4.43. The molecule has 0 bridgehead atoms. The van der Waals surface area contributed by atoms with Gasteiger partial charge in [-0.1, -0.05) is 17.7 Å². The van der Waals surface area contributed by atoms with Gasteiger partial charge in [-0.05, 0) is 47.0 Å². The third-order valence-electron chi connectivity index (χ3n) is 3.63. The van der Waals surface area contributed by atoms with E-state index in [9.17, 15) is 4.79 Å². The SMILES string of the molecule is COCc1cc(Cl)cc(C(=O)Nc2ccc3c(c2)CNC3)c1. The molecule has 1 aliphatic rings. The quantitative estimate of drug-likeness (QED) is 0.909. The van der Waals surface area contributed by atoms with E-state index in [1.807, 2.05) is 18.2 Å². The lowest BCUT2D eigenvalue weighted by Crippen LogP contribution is -2.12. The first-order valence-corrected chi connectivity index (χ1v) is 7.46. The van der Waals surface area contributed by atoms with Crippen molar-refractivity contribution >= 4 is 23.2 Å².